The van der Waals surface area contributed by atoms with E-state index < -0.39 is 12.0 Å². The number of rotatable bonds is 1. The lowest BCUT2D eigenvalue weighted by molar-refractivity contribution is -0.124. The monoisotopic (exact) mass is 165 g/mol. The predicted molar refractivity (Wildman–Crippen MR) is 37.8 cm³/mol. The van der Waals surface area contributed by atoms with E-state index in [2.05, 4.69) is 5.32 Å². The van der Waals surface area contributed by atoms with Crippen LogP contribution in [0, 0.1) is 0 Å². The summed E-state index contributed by atoms with van der Waals surface area (Å²) in [6.45, 7) is 1.00. The van der Waals surface area contributed by atoms with Crippen molar-refractivity contribution in [3.05, 3.63) is 0 Å². The fraction of sp³-hybridized carbons (Fsp3) is 1.00. The highest BCUT2D eigenvalue weighted by Gasteiger charge is 2.40. The summed E-state index contributed by atoms with van der Waals surface area (Å²) in [5, 5.41) is 2.91. The summed E-state index contributed by atoms with van der Waals surface area (Å²) >= 11 is 0. The van der Waals surface area contributed by atoms with Crippen molar-refractivity contribution in [3.63, 3.8) is 0 Å². The van der Waals surface area contributed by atoms with E-state index in [0.29, 0.717) is 19.5 Å². The van der Waals surface area contributed by atoms with Gasteiger partial charge in [0.1, 0.15) is 6.10 Å². The first-order valence-electron chi connectivity index (χ1n) is 3.78. The minimum absolute atomic E-state index is 0.120. The number of hydrogen-bond acceptors (Lipinski definition) is 2. The Bertz CT molecular complexity index is 130. The van der Waals surface area contributed by atoms with E-state index in [9.17, 15) is 8.78 Å². The molecule has 1 saturated heterocycles. The molecule has 2 nitrogen and oxygen atoms in total. The smallest absolute Gasteiger partial charge is 0.274 e. The van der Waals surface area contributed by atoms with Crippen molar-refractivity contribution < 1.29 is 13.5 Å². The molecular weight excluding hydrogens is 152 g/mol. The second-order valence-electron chi connectivity index (χ2n) is 2.77. The molecule has 0 saturated carbocycles. The molecule has 4 heteroatoms. The molecule has 0 aliphatic carbocycles. The first-order chi connectivity index (χ1) is 5.17. The molecule has 0 aromatic heterocycles. The molecular formula is C7H13F2NO. The van der Waals surface area contributed by atoms with E-state index in [1.54, 1.807) is 0 Å². The topological polar surface area (TPSA) is 21.3 Å². The van der Waals surface area contributed by atoms with Crippen LogP contribution in [0.2, 0.25) is 0 Å². The molecule has 1 atom stereocenters. The Labute approximate surface area is 64.9 Å². The first-order valence-corrected chi connectivity index (χ1v) is 3.78. The van der Waals surface area contributed by atoms with Gasteiger partial charge in [0.15, 0.2) is 0 Å². The van der Waals surface area contributed by atoms with Crippen LogP contribution in [-0.2, 0) is 4.74 Å². The van der Waals surface area contributed by atoms with Gasteiger partial charge < -0.3 is 10.1 Å². The maximum atomic E-state index is 13.0. The molecule has 1 aliphatic heterocycles. The number of halogens is 2. The Morgan fingerprint density at radius 1 is 1.45 bits per heavy atom. The Morgan fingerprint density at radius 3 is 2.82 bits per heavy atom. The van der Waals surface area contributed by atoms with Crippen molar-refractivity contribution in [2.75, 3.05) is 20.2 Å². The largest absolute Gasteiger partial charge is 0.375 e. The first kappa shape index (κ1) is 8.87. The number of methoxy groups -OCH3 is 1. The average Bonchev–Trinajstić information content (AvgIpc) is 2.10. The van der Waals surface area contributed by atoms with Crippen molar-refractivity contribution in [2.24, 2.45) is 0 Å². The van der Waals surface area contributed by atoms with Crippen LogP contribution >= 0.6 is 0 Å². The zero-order chi connectivity index (χ0) is 8.32. The Balaban J connectivity index is 2.56. The van der Waals surface area contributed by atoms with Crippen LogP contribution in [0.4, 0.5) is 8.78 Å². The van der Waals surface area contributed by atoms with Gasteiger partial charge in [-0.15, -0.1) is 0 Å². The van der Waals surface area contributed by atoms with Crippen LogP contribution in [0.25, 0.3) is 0 Å². The highest BCUT2D eigenvalue weighted by molar-refractivity contribution is 4.82. The molecule has 66 valence electrons. The van der Waals surface area contributed by atoms with Crippen LogP contribution in [0.5, 0.6) is 0 Å². The van der Waals surface area contributed by atoms with Crippen LogP contribution < -0.4 is 5.32 Å². The van der Waals surface area contributed by atoms with Crippen molar-refractivity contribution in [2.45, 2.75) is 24.9 Å². The summed E-state index contributed by atoms with van der Waals surface area (Å²) in [6, 6.07) is 0. The van der Waals surface area contributed by atoms with Gasteiger partial charge in [0, 0.05) is 20.1 Å². The fourth-order valence-corrected chi connectivity index (χ4v) is 1.28. The van der Waals surface area contributed by atoms with E-state index in [1.165, 1.54) is 7.11 Å². The van der Waals surface area contributed by atoms with E-state index in [0.717, 1.165) is 0 Å². The van der Waals surface area contributed by atoms with Crippen molar-refractivity contribution in [1.29, 1.82) is 0 Å². The molecule has 0 bridgehead atoms. The molecule has 0 spiro atoms. The zero-order valence-corrected chi connectivity index (χ0v) is 6.57. The van der Waals surface area contributed by atoms with Gasteiger partial charge in [0.2, 0.25) is 0 Å². The minimum atomic E-state index is -2.65. The van der Waals surface area contributed by atoms with Gasteiger partial charge in [-0.1, -0.05) is 0 Å². The Morgan fingerprint density at radius 2 is 2.18 bits per heavy atom. The maximum Gasteiger partial charge on any atom is 0.274 e. The van der Waals surface area contributed by atoms with Gasteiger partial charge in [-0.25, -0.2) is 8.78 Å². The number of ether oxygens (including phenoxy) is 1. The third-order valence-electron chi connectivity index (χ3n) is 1.97. The van der Waals surface area contributed by atoms with E-state index >= 15 is 0 Å². The van der Waals surface area contributed by atoms with E-state index in [4.69, 9.17) is 4.74 Å². The Hall–Kier alpha value is -0.220. The van der Waals surface area contributed by atoms with E-state index in [1.807, 2.05) is 0 Å². The molecule has 1 fully saturated rings. The average molecular weight is 165 g/mol. The maximum absolute atomic E-state index is 13.0. The highest BCUT2D eigenvalue weighted by atomic mass is 19.3. The van der Waals surface area contributed by atoms with Crippen LogP contribution in [0.15, 0.2) is 0 Å². The van der Waals surface area contributed by atoms with E-state index in [-0.39, 0.29) is 6.42 Å². The van der Waals surface area contributed by atoms with Crippen molar-refractivity contribution >= 4 is 0 Å². The molecule has 0 radical (unpaired) electrons. The second kappa shape index (κ2) is 3.45. The zero-order valence-electron chi connectivity index (χ0n) is 6.57. The number of nitrogens with one attached hydrogen (secondary N) is 1. The highest BCUT2D eigenvalue weighted by Crippen LogP contribution is 2.27. The standard InChI is InChI=1S/C7H13F2NO/c1-11-6-2-4-10-5-3-7(6,8)9/h6,10H,2-5H2,1H3. The SMILES string of the molecule is COC1CCNCCC1(F)F. The van der Waals surface area contributed by atoms with Crippen molar-refractivity contribution in [3.8, 4) is 0 Å². The van der Waals surface area contributed by atoms with Crippen molar-refractivity contribution in [1.82, 2.24) is 5.32 Å². The summed E-state index contributed by atoms with van der Waals surface area (Å²) in [5.41, 5.74) is 0. The van der Waals surface area contributed by atoms with Gasteiger partial charge >= 0.3 is 0 Å². The van der Waals surface area contributed by atoms with Gasteiger partial charge in [0.05, 0.1) is 0 Å². The lowest BCUT2D eigenvalue weighted by Crippen LogP contribution is -2.34. The second-order valence-corrected chi connectivity index (χ2v) is 2.77. The molecule has 11 heavy (non-hydrogen) atoms. The predicted octanol–water partition coefficient (Wildman–Crippen LogP) is 1.02. The molecule has 1 unspecified atom stereocenters. The Kier molecular flexibility index (Phi) is 2.78. The number of alkyl halides is 2. The van der Waals surface area contributed by atoms with Gasteiger partial charge in [-0.2, -0.15) is 0 Å². The van der Waals surface area contributed by atoms with Crippen LogP contribution in [0.1, 0.15) is 12.8 Å². The summed E-state index contributed by atoms with van der Waals surface area (Å²) in [6.07, 6.45) is -0.632. The quantitative estimate of drug-likeness (QED) is 0.626. The minimum Gasteiger partial charge on any atom is -0.375 e. The molecule has 0 amide bonds. The third kappa shape index (κ3) is 2.10. The van der Waals surface area contributed by atoms with Crippen LogP contribution in [0.3, 0.4) is 0 Å². The lowest BCUT2D eigenvalue weighted by atomic mass is 10.1. The van der Waals surface area contributed by atoms with Gasteiger partial charge in [-0.05, 0) is 13.0 Å². The summed E-state index contributed by atoms with van der Waals surface area (Å²) in [7, 11) is 1.34. The molecule has 1 rings (SSSR count). The summed E-state index contributed by atoms with van der Waals surface area (Å²) < 4.78 is 30.6. The molecule has 1 N–H and O–H groups in total. The molecule has 0 aromatic carbocycles. The normalized spacial score (nSPS) is 31.4. The summed E-state index contributed by atoms with van der Waals surface area (Å²) in [4.78, 5) is 0. The lowest BCUT2D eigenvalue weighted by Gasteiger charge is -2.22. The summed E-state index contributed by atoms with van der Waals surface area (Å²) in [5.74, 6) is -2.65. The number of hydrogen-bond donors (Lipinski definition) is 1. The molecule has 1 heterocycles. The third-order valence-corrected chi connectivity index (χ3v) is 1.97. The van der Waals surface area contributed by atoms with Gasteiger partial charge in [0.25, 0.3) is 5.92 Å². The van der Waals surface area contributed by atoms with Crippen LogP contribution in [-0.4, -0.2) is 32.2 Å². The molecule has 1 aliphatic rings. The molecule has 0 aromatic rings. The fourth-order valence-electron chi connectivity index (χ4n) is 1.28. The van der Waals surface area contributed by atoms with Gasteiger partial charge in [-0.3, -0.25) is 0 Å².